The topological polar surface area (TPSA) is 192 Å². The number of amidine groups is 4. The van der Waals surface area contributed by atoms with Gasteiger partial charge in [0.15, 0.2) is 20.2 Å². The molecule has 488 valence electrons. The van der Waals surface area contributed by atoms with Gasteiger partial charge in [-0.3, -0.25) is 0 Å². The van der Waals surface area contributed by atoms with E-state index in [0.717, 1.165) is 61.9 Å². The summed E-state index contributed by atoms with van der Waals surface area (Å²) < 4.78 is 140. The van der Waals surface area contributed by atoms with Crippen LogP contribution in [0, 0.1) is 10.8 Å². The second-order valence-electron chi connectivity index (χ2n) is 28.9. The monoisotopic (exact) mass is 1380 g/mol. The molecule has 0 aromatic carbocycles. The predicted octanol–water partition coefficient (Wildman–Crippen LogP) is 19.6. The van der Waals surface area contributed by atoms with Gasteiger partial charge in [0.25, 0.3) is 0 Å². The third kappa shape index (κ3) is 26.9. The van der Waals surface area contributed by atoms with Crippen molar-refractivity contribution in [1.29, 1.82) is 0 Å². The van der Waals surface area contributed by atoms with Crippen LogP contribution in [0.1, 0.15) is 246 Å². The molecule has 0 amide bonds. The molecule has 0 bridgehead atoms. The Kier molecular flexibility index (Phi) is 34.0. The Labute approximate surface area is 520 Å². The van der Waals surface area contributed by atoms with Crippen LogP contribution in [0.25, 0.3) is 10.6 Å². The smallest absolute Gasteiger partial charge is 0.741 e. The van der Waals surface area contributed by atoms with Crippen molar-refractivity contribution in [2.24, 2.45) is 29.9 Å². The van der Waals surface area contributed by atoms with Crippen molar-refractivity contribution < 1.29 is 85.3 Å². The molecule has 2 rings (SSSR count). The average molecular weight is 1380 g/mol. The Balaban J connectivity index is -0.000000573. The average Bonchev–Trinajstić information content (AvgIpc) is 3.21. The van der Waals surface area contributed by atoms with Gasteiger partial charge in [0, 0.05) is 34.2 Å². The SMILES string of the molecule is CCC1=CC(CC)(CC)/C(=N/[PH+](C(C)(C)C)C(C)(C)C)[N-]/C1=N\[PH+](C(C)(C)C)C(C)(C)C.CCC1=CC(CC)(CC)/C(=N/[PH+](C(C)(C)C)C(C)(C)C)[N-]/C1=N\[PH+](C(C)(C)C)C(C)(C)C.O=S(=O)([O-])C(F)(F)F.O=S(=O)([O-])C(F)(F)F.[Ni+2].[Ni+2]. The van der Waals surface area contributed by atoms with Gasteiger partial charge in [-0.15, -0.1) is 0 Å². The molecular weight excluding hydrogens is 1270 g/mol. The van der Waals surface area contributed by atoms with E-state index in [0.29, 0.717) is 0 Å². The number of hydrogen-bond acceptors (Lipinski definition) is 10. The van der Waals surface area contributed by atoms with E-state index in [9.17, 15) is 26.3 Å². The first-order chi connectivity index (χ1) is 34.9. The third-order valence-electron chi connectivity index (χ3n) is 13.2. The molecule has 2 aliphatic rings. The third-order valence-corrected chi connectivity index (χ3v) is 27.4. The van der Waals surface area contributed by atoms with Crippen LogP contribution in [0.2, 0.25) is 0 Å². The van der Waals surface area contributed by atoms with Crippen molar-refractivity contribution in [1.82, 2.24) is 0 Å². The molecule has 0 saturated heterocycles. The molecule has 0 saturated carbocycles. The second kappa shape index (κ2) is 31.5. The van der Waals surface area contributed by atoms with Gasteiger partial charge in [-0.1, -0.05) is 53.7 Å². The van der Waals surface area contributed by atoms with E-state index in [-0.39, 0.29) is 85.1 Å². The Bertz CT molecular complexity index is 2240. The van der Waals surface area contributed by atoms with Gasteiger partial charge in [0.05, 0.1) is 73.5 Å². The van der Waals surface area contributed by atoms with Crippen LogP contribution in [-0.4, -0.2) is 102 Å². The summed E-state index contributed by atoms with van der Waals surface area (Å²) in [5.41, 5.74) is -8.83. The maximum Gasteiger partial charge on any atom is 2.00 e. The van der Waals surface area contributed by atoms with Gasteiger partial charge in [0.2, 0.25) is 0 Å². The van der Waals surface area contributed by atoms with Gasteiger partial charge in [-0.25, -0.2) is 35.9 Å². The molecule has 0 atom stereocenters. The van der Waals surface area contributed by atoms with Crippen LogP contribution in [0.3, 0.4) is 0 Å². The van der Waals surface area contributed by atoms with Crippen molar-refractivity contribution >= 4 is 75.9 Å². The second-order valence-corrected chi connectivity index (χ2v) is 47.4. The van der Waals surface area contributed by atoms with Gasteiger partial charge in [-0.2, -0.15) is 26.3 Å². The maximum atomic E-state index is 10.7. The van der Waals surface area contributed by atoms with Crippen LogP contribution in [0.4, 0.5) is 26.3 Å². The minimum Gasteiger partial charge on any atom is -0.741 e. The normalized spacial score (nSPS) is 19.0. The molecule has 82 heavy (non-hydrogen) atoms. The van der Waals surface area contributed by atoms with Crippen molar-refractivity contribution in [3.8, 4) is 0 Å². The maximum absolute atomic E-state index is 10.7. The van der Waals surface area contributed by atoms with E-state index in [1.54, 1.807) is 0 Å². The summed E-state index contributed by atoms with van der Waals surface area (Å²) in [5.74, 6) is 4.01. The van der Waals surface area contributed by atoms with E-state index >= 15 is 0 Å². The van der Waals surface area contributed by atoms with E-state index in [1.165, 1.54) is 11.1 Å². The largest absolute Gasteiger partial charge is 2.00 e. The summed E-state index contributed by atoms with van der Waals surface area (Å²) in [6.07, 6.45) is 11.0. The van der Waals surface area contributed by atoms with E-state index < -0.39 is 63.5 Å². The van der Waals surface area contributed by atoms with Gasteiger partial charge < -0.3 is 19.7 Å². The zero-order chi connectivity index (χ0) is 64.7. The summed E-state index contributed by atoms with van der Waals surface area (Å²) in [6.45, 7) is 69.9. The molecular formula is C56H108F6N6Ni2O6P4S2+4. The molecule has 0 spiro atoms. The number of nitrogens with zero attached hydrogens (tertiary/aromatic N) is 6. The van der Waals surface area contributed by atoms with Crippen LogP contribution in [-0.2, 0) is 53.2 Å². The quantitative estimate of drug-likeness (QED) is 0.0687. The fourth-order valence-electron chi connectivity index (χ4n) is 10.3. The van der Waals surface area contributed by atoms with E-state index in [4.69, 9.17) is 55.6 Å². The zero-order valence-corrected chi connectivity index (χ0v) is 62.9. The van der Waals surface area contributed by atoms with E-state index in [1.807, 2.05) is 0 Å². The Hall–Kier alpha value is -0.133. The molecule has 26 heteroatoms. The number of alkyl halides is 6. The summed E-state index contributed by atoms with van der Waals surface area (Å²) in [4.78, 5) is 0. The van der Waals surface area contributed by atoms with Crippen molar-refractivity contribution in [3.63, 3.8) is 0 Å². The van der Waals surface area contributed by atoms with Crippen LogP contribution < -0.4 is 0 Å². The van der Waals surface area contributed by atoms with Crippen molar-refractivity contribution in [3.05, 3.63) is 33.9 Å². The molecule has 0 N–H and O–H groups in total. The Morgan fingerprint density at radius 2 is 0.549 bits per heavy atom. The van der Waals surface area contributed by atoms with E-state index in [2.05, 4.69) is 220 Å². The molecule has 2 aliphatic heterocycles. The van der Waals surface area contributed by atoms with Crippen LogP contribution >= 0.6 is 32.3 Å². The Morgan fingerprint density at radius 3 is 0.671 bits per heavy atom. The first kappa shape index (κ1) is 88.3. The summed E-state index contributed by atoms with van der Waals surface area (Å²) in [7, 11) is -16.5. The summed E-state index contributed by atoms with van der Waals surface area (Å²) in [6, 6.07) is 0. The van der Waals surface area contributed by atoms with Crippen molar-refractivity contribution in [2.45, 2.75) is 299 Å². The van der Waals surface area contributed by atoms with Gasteiger partial charge in [-0.05, 0) is 216 Å². The molecule has 0 aliphatic carbocycles. The zero-order valence-electron chi connectivity index (χ0n) is 55.2. The molecule has 0 aromatic heterocycles. The van der Waals surface area contributed by atoms with Gasteiger partial charge >= 0.3 is 44.0 Å². The summed E-state index contributed by atoms with van der Waals surface area (Å²) >= 11 is 0. The standard InChI is InChI=1S/2C27H52N3P2.2CHF3O3S.2Ni/c2*1-16-20-19-27(17-2,18-3)22(30-32(25(10,11)12)26(13,14)15)28-21(20)29-31(23(4,5)6)24(7,8)9;2*2-1(3,4)8(5,6)7;;/h2*19H,16-18H2,1-15H3;2*(H,5,6,7);;/q2*-1;;;2*+2/p+2. The fourth-order valence-corrected chi connectivity index (χ4v) is 23.7. The molecule has 0 fully saturated rings. The van der Waals surface area contributed by atoms with Crippen LogP contribution in [0.5, 0.6) is 0 Å². The first-order valence-electron chi connectivity index (χ1n) is 27.7. The number of hydrogen-bond donors (Lipinski definition) is 0. The molecule has 2 heterocycles. The number of rotatable bonds is 10. The van der Waals surface area contributed by atoms with Crippen molar-refractivity contribution in [2.75, 3.05) is 0 Å². The minimum atomic E-state index is -6.09. The molecule has 12 nitrogen and oxygen atoms in total. The molecule has 0 radical (unpaired) electrons. The molecule has 0 unspecified atom stereocenters. The predicted molar refractivity (Wildman–Crippen MR) is 342 cm³/mol. The first-order valence-corrected chi connectivity index (χ1v) is 36.3. The van der Waals surface area contributed by atoms with Gasteiger partial charge in [0.1, 0.15) is 0 Å². The Morgan fingerprint density at radius 1 is 0.390 bits per heavy atom. The number of halogens is 6. The molecule has 0 aromatic rings. The fraction of sp³-hybridized carbons (Fsp3) is 0.857. The van der Waals surface area contributed by atoms with Crippen LogP contribution in [0.15, 0.2) is 42.3 Å². The minimum absolute atomic E-state index is 0. The summed E-state index contributed by atoms with van der Waals surface area (Å²) in [5, 5.41) is 12.0.